The fourth-order valence-electron chi connectivity index (χ4n) is 3.34. The molecule has 25 heavy (non-hydrogen) atoms. The molecular formula is C18H18N4O2S. The van der Waals surface area contributed by atoms with Crippen molar-refractivity contribution in [1.82, 2.24) is 15.2 Å². The molecule has 1 amide bonds. The number of benzene rings is 1. The highest BCUT2D eigenvalue weighted by molar-refractivity contribution is 7.15. The number of rotatable bonds is 4. The summed E-state index contributed by atoms with van der Waals surface area (Å²) in [6, 6.07) is 7.40. The zero-order valence-corrected chi connectivity index (χ0v) is 14.4. The van der Waals surface area contributed by atoms with Gasteiger partial charge in [0.15, 0.2) is 0 Å². The Morgan fingerprint density at radius 2 is 1.92 bits per heavy atom. The maximum atomic E-state index is 12.5. The summed E-state index contributed by atoms with van der Waals surface area (Å²) >= 11 is 1.37. The molecule has 4 rings (SSSR count). The molecule has 1 aromatic carbocycles. The molecule has 128 valence electrons. The Morgan fingerprint density at radius 3 is 2.76 bits per heavy atom. The van der Waals surface area contributed by atoms with Crippen molar-refractivity contribution >= 4 is 39.1 Å². The number of hydrogen-bond donors (Lipinski definition) is 2. The number of aromatic nitrogens is 3. The minimum Gasteiger partial charge on any atom is -0.360 e. The van der Waals surface area contributed by atoms with Gasteiger partial charge in [0.1, 0.15) is 5.01 Å². The number of fused-ring (bicyclic) bond motifs is 1. The Balaban J connectivity index is 1.48. The third-order valence-corrected chi connectivity index (χ3v) is 5.66. The largest absolute Gasteiger partial charge is 0.360 e. The van der Waals surface area contributed by atoms with Gasteiger partial charge in [-0.05, 0) is 18.9 Å². The third-order valence-electron chi connectivity index (χ3n) is 4.66. The van der Waals surface area contributed by atoms with Crippen molar-refractivity contribution in [3.8, 4) is 0 Å². The van der Waals surface area contributed by atoms with Crippen molar-refractivity contribution in [2.24, 2.45) is 0 Å². The number of ketones is 1. The maximum absolute atomic E-state index is 12.5. The first-order valence-electron chi connectivity index (χ1n) is 8.47. The minimum absolute atomic E-state index is 0.366. The minimum atomic E-state index is -0.684. The van der Waals surface area contributed by atoms with E-state index in [1.165, 1.54) is 30.6 Å². The summed E-state index contributed by atoms with van der Waals surface area (Å²) in [7, 11) is 0. The molecule has 1 aliphatic rings. The highest BCUT2D eigenvalue weighted by Gasteiger charge is 2.23. The van der Waals surface area contributed by atoms with Gasteiger partial charge in [0, 0.05) is 23.0 Å². The van der Waals surface area contributed by atoms with Gasteiger partial charge in [-0.15, -0.1) is 10.2 Å². The lowest BCUT2D eigenvalue weighted by Gasteiger charge is -2.18. The Bertz CT molecular complexity index is 924. The first-order valence-corrected chi connectivity index (χ1v) is 9.29. The van der Waals surface area contributed by atoms with Crippen LogP contribution in [0, 0.1) is 0 Å². The molecule has 2 aromatic heterocycles. The van der Waals surface area contributed by atoms with E-state index in [4.69, 9.17) is 0 Å². The molecule has 2 heterocycles. The Labute approximate surface area is 148 Å². The predicted octanol–water partition coefficient (Wildman–Crippen LogP) is 3.89. The number of carbonyl (C=O) groups is 2. The molecule has 1 fully saturated rings. The van der Waals surface area contributed by atoms with Crippen molar-refractivity contribution in [3.63, 3.8) is 0 Å². The number of amides is 1. The lowest BCUT2D eigenvalue weighted by Crippen LogP contribution is -2.22. The molecule has 7 heteroatoms. The molecule has 1 saturated carbocycles. The van der Waals surface area contributed by atoms with Crippen LogP contribution in [0.2, 0.25) is 0 Å². The van der Waals surface area contributed by atoms with Crippen LogP contribution in [-0.2, 0) is 4.79 Å². The van der Waals surface area contributed by atoms with Crippen LogP contribution in [0.5, 0.6) is 0 Å². The summed E-state index contributed by atoms with van der Waals surface area (Å²) in [5.74, 6) is -0.829. The van der Waals surface area contributed by atoms with Gasteiger partial charge in [0.05, 0.1) is 5.56 Å². The van der Waals surface area contributed by atoms with E-state index < -0.39 is 11.7 Å². The first-order chi connectivity index (χ1) is 12.2. The number of H-pyrrole nitrogens is 1. The van der Waals surface area contributed by atoms with Gasteiger partial charge in [-0.1, -0.05) is 48.8 Å². The van der Waals surface area contributed by atoms with Crippen LogP contribution in [0.4, 0.5) is 5.13 Å². The molecule has 0 spiro atoms. The Kier molecular flexibility index (Phi) is 4.31. The molecule has 0 atom stereocenters. The van der Waals surface area contributed by atoms with E-state index in [1.807, 2.05) is 24.3 Å². The van der Waals surface area contributed by atoms with E-state index in [1.54, 1.807) is 6.20 Å². The molecule has 6 nitrogen and oxygen atoms in total. The zero-order valence-electron chi connectivity index (χ0n) is 13.6. The maximum Gasteiger partial charge on any atom is 0.298 e. The van der Waals surface area contributed by atoms with Crippen LogP contribution >= 0.6 is 11.3 Å². The summed E-state index contributed by atoms with van der Waals surface area (Å²) in [5.41, 5.74) is 1.19. The number of Topliss-reactive ketones (excluding diaryl/α,β-unsaturated/α-hetero) is 1. The summed E-state index contributed by atoms with van der Waals surface area (Å²) < 4.78 is 0. The fraction of sp³-hybridized carbons (Fsp3) is 0.333. The highest BCUT2D eigenvalue weighted by atomic mass is 32.1. The smallest absolute Gasteiger partial charge is 0.298 e. The van der Waals surface area contributed by atoms with Gasteiger partial charge in [-0.25, -0.2) is 0 Å². The Morgan fingerprint density at radius 1 is 1.12 bits per heavy atom. The van der Waals surface area contributed by atoms with E-state index in [0.29, 0.717) is 16.6 Å². The predicted molar refractivity (Wildman–Crippen MR) is 97.0 cm³/mol. The molecule has 2 N–H and O–H groups in total. The van der Waals surface area contributed by atoms with E-state index in [9.17, 15) is 9.59 Å². The first kappa shape index (κ1) is 16.0. The summed E-state index contributed by atoms with van der Waals surface area (Å²) in [5, 5.41) is 12.9. The molecule has 1 aliphatic carbocycles. The van der Waals surface area contributed by atoms with Gasteiger partial charge in [0.2, 0.25) is 5.13 Å². The quantitative estimate of drug-likeness (QED) is 0.549. The van der Waals surface area contributed by atoms with E-state index >= 15 is 0 Å². The van der Waals surface area contributed by atoms with Gasteiger partial charge in [-0.2, -0.15) is 0 Å². The van der Waals surface area contributed by atoms with Gasteiger partial charge < -0.3 is 4.98 Å². The van der Waals surface area contributed by atoms with Crippen LogP contribution in [0.25, 0.3) is 10.9 Å². The standard InChI is InChI=1S/C18H18N4O2S/c23-15(13-10-19-14-9-5-4-8-12(13)14)16(24)20-18-22-21-17(25-18)11-6-2-1-3-7-11/h4-5,8-11,19H,1-3,6-7H2,(H,20,22,24). The summed E-state index contributed by atoms with van der Waals surface area (Å²) in [4.78, 5) is 27.8. The number of hydrogen-bond acceptors (Lipinski definition) is 5. The Hall–Kier alpha value is -2.54. The third kappa shape index (κ3) is 3.19. The average Bonchev–Trinajstić information content (AvgIpc) is 3.29. The van der Waals surface area contributed by atoms with Crippen molar-refractivity contribution in [2.45, 2.75) is 38.0 Å². The second-order valence-corrected chi connectivity index (χ2v) is 7.32. The van der Waals surface area contributed by atoms with Crippen molar-refractivity contribution in [3.05, 3.63) is 41.0 Å². The van der Waals surface area contributed by atoms with Crippen LogP contribution in [0.3, 0.4) is 0 Å². The second kappa shape index (κ2) is 6.76. The van der Waals surface area contributed by atoms with Crippen LogP contribution in [-0.4, -0.2) is 26.9 Å². The van der Waals surface area contributed by atoms with Crippen molar-refractivity contribution < 1.29 is 9.59 Å². The van der Waals surface area contributed by atoms with E-state index in [-0.39, 0.29) is 0 Å². The van der Waals surface area contributed by atoms with Gasteiger partial charge in [-0.3, -0.25) is 14.9 Å². The highest BCUT2D eigenvalue weighted by Crippen LogP contribution is 2.35. The normalized spacial score (nSPS) is 15.4. The van der Waals surface area contributed by atoms with Crippen molar-refractivity contribution in [1.29, 1.82) is 0 Å². The number of carbonyl (C=O) groups excluding carboxylic acids is 2. The second-order valence-electron chi connectivity index (χ2n) is 6.31. The topological polar surface area (TPSA) is 87.7 Å². The van der Waals surface area contributed by atoms with Crippen LogP contribution < -0.4 is 5.32 Å². The van der Waals surface area contributed by atoms with Crippen molar-refractivity contribution in [2.75, 3.05) is 5.32 Å². The lowest BCUT2D eigenvalue weighted by molar-refractivity contribution is -0.112. The van der Waals surface area contributed by atoms with E-state index in [0.717, 1.165) is 28.8 Å². The molecule has 0 unspecified atom stereocenters. The fourth-order valence-corrected chi connectivity index (χ4v) is 4.24. The average molecular weight is 354 g/mol. The number of aromatic amines is 1. The van der Waals surface area contributed by atoms with Crippen LogP contribution in [0.1, 0.15) is 53.4 Å². The number of anilines is 1. The molecule has 0 saturated heterocycles. The van der Waals surface area contributed by atoms with Gasteiger partial charge in [0.25, 0.3) is 11.7 Å². The molecule has 0 bridgehead atoms. The van der Waals surface area contributed by atoms with Crippen LogP contribution in [0.15, 0.2) is 30.5 Å². The molecule has 0 radical (unpaired) electrons. The molecule has 3 aromatic rings. The SMILES string of the molecule is O=C(Nc1nnc(C2CCCCC2)s1)C(=O)c1c[nH]c2ccccc12. The zero-order chi connectivity index (χ0) is 17.2. The molecule has 0 aliphatic heterocycles. The molecular weight excluding hydrogens is 336 g/mol. The summed E-state index contributed by atoms with van der Waals surface area (Å²) in [6.45, 7) is 0. The number of nitrogens with zero attached hydrogens (tertiary/aromatic N) is 2. The number of para-hydroxylation sites is 1. The monoisotopic (exact) mass is 354 g/mol. The summed E-state index contributed by atoms with van der Waals surface area (Å²) in [6.07, 6.45) is 7.52. The van der Waals surface area contributed by atoms with Gasteiger partial charge >= 0.3 is 0 Å². The van der Waals surface area contributed by atoms with E-state index in [2.05, 4.69) is 20.5 Å². The number of nitrogens with one attached hydrogen (secondary N) is 2. The lowest BCUT2D eigenvalue weighted by atomic mass is 9.90.